The molecule has 0 amide bonds. The molecule has 0 aliphatic rings. The normalized spacial score (nSPS) is 13.0. The standard InChI is InChI=1S/C18H23NO2S/c1-3-17(12-11-16-7-5-4-6-8-16)19-22(20,21)18-13-9-15(2)10-14-18/h4-10,13-14,17,19H,3,11-12H2,1-2H3/t17-/m0/s1. The Kier molecular flexibility index (Phi) is 5.75. The lowest BCUT2D eigenvalue weighted by molar-refractivity contribution is 0.516. The molecule has 1 N–H and O–H groups in total. The molecule has 0 saturated heterocycles. The van der Waals surface area contributed by atoms with Crippen molar-refractivity contribution in [2.75, 3.05) is 0 Å². The van der Waals surface area contributed by atoms with Crippen LogP contribution in [0.1, 0.15) is 30.9 Å². The van der Waals surface area contributed by atoms with Crippen LogP contribution in [0.15, 0.2) is 59.5 Å². The molecule has 0 bridgehead atoms. The van der Waals surface area contributed by atoms with E-state index in [9.17, 15) is 8.42 Å². The molecular weight excluding hydrogens is 294 g/mol. The van der Waals surface area contributed by atoms with Crippen LogP contribution < -0.4 is 4.72 Å². The summed E-state index contributed by atoms with van der Waals surface area (Å²) < 4.78 is 27.6. The Bertz CT molecular complexity index is 679. The van der Waals surface area contributed by atoms with E-state index < -0.39 is 10.0 Å². The van der Waals surface area contributed by atoms with Gasteiger partial charge in [-0.3, -0.25) is 0 Å². The second kappa shape index (κ2) is 7.56. The van der Waals surface area contributed by atoms with Gasteiger partial charge in [0.05, 0.1) is 4.90 Å². The second-order valence-electron chi connectivity index (χ2n) is 5.56. The maximum Gasteiger partial charge on any atom is 0.240 e. The van der Waals surface area contributed by atoms with Crippen LogP contribution >= 0.6 is 0 Å². The summed E-state index contributed by atoms with van der Waals surface area (Å²) in [6, 6.07) is 17.0. The van der Waals surface area contributed by atoms with Gasteiger partial charge in [-0.25, -0.2) is 13.1 Å². The van der Waals surface area contributed by atoms with E-state index >= 15 is 0 Å². The highest BCUT2D eigenvalue weighted by molar-refractivity contribution is 7.89. The van der Waals surface area contributed by atoms with Crippen molar-refractivity contribution < 1.29 is 8.42 Å². The van der Waals surface area contributed by atoms with E-state index in [2.05, 4.69) is 16.9 Å². The Morgan fingerprint density at radius 3 is 2.23 bits per heavy atom. The molecule has 2 aromatic carbocycles. The van der Waals surface area contributed by atoms with Crippen LogP contribution in [0.3, 0.4) is 0 Å². The molecule has 0 aliphatic carbocycles. The molecule has 0 aromatic heterocycles. The fourth-order valence-corrected chi connectivity index (χ4v) is 3.69. The first kappa shape index (κ1) is 16.7. The summed E-state index contributed by atoms with van der Waals surface area (Å²) in [5.41, 5.74) is 2.28. The first-order valence-corrected chi connectivity index (χ1v) is 9.12. The fraction of sp³-hybridized carbons (Fsp3) is 0.333. The van der Waals surface area contributed by atoms with Crippen LogP contribution in [0.2, 0.25) is 0 Å². The van der Waals surface area contributed by atoms with Crippen molar-refractivity contribution in [2.45, 2.75) is 44.0 Å². The number of sulfonamides is 1. The summed E-state index contributed by atoms with van der Waals surface area (Å²) in [7, 11) is -3.44. The maximum absolute atomic E-state index is 12.4. The van der Waals surface area contributed by atoms with Gasteiger partial charge in [0.2, 0.25) is 10.0 Å². The summed E-state index contributed by atoms with van der Waals surface area (Å²) in [6.07, 6.45) is 2.44. The van der Waals surface area contributed by atoms with Gasteiger partial charge in [0.1, 0.15) is 0 Å². The molecule has 0 fully saturated rings. The molecule has 22 heavy (non-hydrogen) atoms. The van der Waals surface area contributed by atoms with E-state index in [1.54, 1.807) is 12.1 Å². The topological polar surface area (TPSA) is 46.2 Å². The van der Waals surface area contributed by atoms with Crippen LogP contribution in [0.5, 0.6) is 0 Å². The van der Waals surface area contributed by atoms with E-state index in [0.29, 0.717) is 4.90 Å². The Hall–Kier alpha value is -1.65. The average Bonchev–Trinajstić information content (AvgIpc) is 2.52. The van der Waals surface area contributed by atoms with Crippen LogP contribution in [-0.2, 0) is 16.4 Å². The quantitative estimate of drug-likeness (QED) is 0.846. The van der Waals surface area contributed by atoms with Gasteiger partial charge in [0, 0.05) is 6.04 Å². The molecule has 2 aromatic rings. The van der Waals surface area contributed by atoms with E-state index in [-0.39, 0.29) is 6.04 Å². The highest BCUT2D eigenvalue weighted by atomic mass is 32.2. The Labute approximate surface area is 133 Å². The van der Waals surface area contributed by atoms with E-state index in [0.717, 1.165) is 24.8 Å². The lowest BCUT2D eigenvalue weighted by atomic mass is 10.0. The van der Waals surface area contributed by atoms with Crippen LogP contribution in [-0.4, -0.2) is 14.5 Å². The Balaban J connectivity index is 2.01. The number of nitrogens with one attached hydrogen (secondary N) is 1. The van der Waals surface area contributed by atoms with Gasteiger partial charge in [-0.15, -0.1) is 0 Å². The molecule has 118 valence electrons. The summed E-state index contributed by atoms with van der Waals surface area (Å²) >= 11 is 0. The number of benzene rings is 2. The van der Waals surface area contributed by atoms with E-state index in [1.807, 2.05) is 44.2 Å². The summed E-state index contributed by atoms with van der Waals surface area (Å²) in [5, 5.41) is 0. The van der Waals surface area contributed by atoms with E-state index in [4.69, 9.17) is 0 Å². The van der Waals surface area contributed by atoms with Crippen LogP contribution in [0, 0.1) is 6.92 Å². The van der Waals surface area contributed by atoms with Crippen LogP contribution in [0.25, 0.3) is 0 Å². The zero-order valence-corrected chi connectivity index (χ0v) is 13.9. The predicted octanol–water partition coefficient (Wildman–Crippen LogP) is 3.68. The van der Waals surface area contributed by atoms with Gasteiger partial charge in [0.15, 0.2) is 0 Å². The average molecular weight is 317 g/mol. The third kappa shape index (κ3) is 4.68. The number of hydrogen-bond donors (Lipinski definition) is 1. The molecule has 1 atom stereocenters. The summed E-state index contributed by atoms with van der Waals surface area (Å²) in [4.78, 5) is 0.330. The smallest absolute Gasteiger partial charge is 0.208 e. The minimum Gasteiger partial charge on any atom is -0.208 e. The molecule has 0 radical (unpaired) electrons. The van der Waals surface area contributed by atoms with Crippen molar-refractivity contribution in [2.24, 2.45) is 0 Å². The number of aryl methyl sites for hydroxylation is 2. The first-order chi connectivity index (χ1) is 10.5. The van der Waals surface area contributed by atoms with Gasteiger partial charge >= 0.3 is 0 Å². The molecule has 0 spiro atoms. The largest absolute Gasteiger partial charge is 0.240 e. The Morgan fingerprint density at radius 1 is 1.00 bits per heavy atom. The Morgan fingerprint density at radius 2 is 1.64 bits per heavy atom. The van der Waals surface area contributed by atoms with Gasteiger partial charge in [-0.2, -0.15) is 0 Å². The monoisotopic (exact) mass is 317 g/mol. The van der Waals surface area contributed by atoms with Gasteiger partial charge < -0.3 is 0 Å². The molecule has 0 heterocycles. The molecule has 0 saturated carbocycles. The minimum absolute atomic E-state index is 0.0495. The molecule has 0 unspecified atom stereocenters. The molecule has 4 heteroatoms. The van der Waals surface area contributed by atoms with E-state index in [1.165, 1.54) is 5.56 Å². The molecule has 3 nitrogen and oxygen atoms in total. The second-order valence-corrected chi connectivity index (χ2v) is 7.28. The lowest BCUT2D eigenvalue weighted by Gasteiger charge is -2.17. The van der Waals surface area contributed by atoms with Crippen molar-refractivity contribution in [3.63, 3.8) is 0 Å². The highest BCUT2D eigenvalue weighted by Crippen LogP contribution is 2.13. The number of hydrogen-bond acceptors (Lipinski definition) is 2. The number of rotatable bonds is 7. The zero-order valence-electron chi connectivity index (χ0n) is 13.1. The maximum atomic E-state index is 12.4. The van der Waals surface area contributed by atoms with Crippen molar-refractivity contribution in [3.05, 3.63) is 65.7 Å². The first-order valence-electron chi connectivity index (χ1n) is 7.64. The summed E-state index contributed by atoms with van der Waals surface area (Å²) in [5.74, 6) is 0. The van der Waals surface area contributed by atoms with Crippen molar-refractivity contribution in [1.29, 1.82) is 0 Å². The lowest BCUT2D eigenvalue weighted by Crippen LogP contribution is -2.34. The third-order valence-electron chi connectivity index (χ3n) is 3.77. The van der Waals surface area contributed by atoms with Crippen molar-refractivity contribution in [1.82, 2.24) is 4.72 Å². The van der Waals surface area contributed by atoms with Gasteiger partial charge in [-0.05, 0) is 43.9 Å². The third-order valence-corrected chi connectivity index (χ3v) is 5.31. The van der Waals surface area contributed by atoms with Gasteiger partial charge in [-0.1, -0.05) is 55.0 Å². The fourth-order valence-electron chi connectivity index (χ4n) is 2.34. The van der Waals surface area contributed by atoms with Crippen LogP contribution in [0.4, 0.5) is 0 Å². The van der Waals surface area contributed by atoms with Crippen molar-refractivity contribution >= 4 is 10.0 Å². The summed E-state index contributed by atoms with van der Waals surface area (Å²) in [6.45, 7) is 3.95. The highest BCUT2D eigenvalue weighted by Gasteiger charge is 2.18. The SMILES string of the molecule is CC[C@@H](CCc1ccccc1)NS(=O)(=O)c1ccc(C)cc1. The van der Waals surface area contributed by atoms with Gasteiger partial charge in [0.25, 0.3) is 0 Å². The van der Waals surface area contributed by atoms with Crippen molar-refractivity contribution in [3.8, 4) is 0 Å². The predicted molar refractivity (Wildman–Crippen MR) is 90.3 cm³/mol. The molecule has 0 aliphatic heterocycles. The molecular formula is C18H23NO2S. The zero-order chi connectivity index (χ0) is 16.0. The minimum atomic E-state index is -3.44. The molecule has 2 rings (SSSR count).